The molecule has 1 atom stereocenters. The van der Waals surface area contributed by atoms with Gasteiger partial charge in [0.25, 0.3) is 16.6 Å². The zero-order valence-electron chi connectivity index (χ0n) is 68.1. The minimum atomic E-state index is -2.21. The van der Waals surface area contributed by atoms with Gasteiger partial charge in [0.1, 0.15) is 75.2 Å². The molecule has 0 spiro atoms. The van der Waals surface area contributed by atoms with E-state index in [2.05, 4.69) is 55.4 Å². The maximum absolute atomic E-state index is 14.2. The smallest absolute Gasteiger partial charge is 0.514 e. The summed E-state index contributed by atoms with van der Waals surface area (Å²) in [7, 11) is -4.27. The number of aromatic hydroxyl groups is 4. The number of nitrogens with zero attached hydrogens (tertiary/aromatic N) is 4. The molecule has 7 N–H and O–H groups in total. The predicted octanol–water partition coefficient (Wildman–Crippen LogP) is 23.6. The molecular weight excluding hydrogens is 1710 g/mol. The zero-order valence-corrected chi connectivity index (χ0v) is 70.1. The monoisotopic (exact) mass is 1800 g/mol. The summed E-state index contributed by atoms with van der Waals surface area (Å²) in [5, 5.41) is 47.5. The fourth-order valence-corrected chi connectivity index (χ4v) is 12.1. The largest absolute Gasteiger partial charge is 0.542 e. The van der Waals surface area contributed by atoms with E-state index in [0.29, 0.717) is 33.7 Å². The van der Waals surface area contributed by atoms with Gasteiger partial charge >= 0.3 is 6.16 Å². The van der Waals surface area contributed by atoms with Crippen LogP contribution in [0.25, 0.3) is 44.3 Å². The van der Waals surface area contributed by atoms with Crippen molar-refractivity contribution in [3.05, 3.63) is 303 Å². The molecule has 20 nitrogen and oxygen atoms in total. The van der Waals surface area contributed by atoms with Gasteiger partial charge in [0.15, 0.2) is 88.3 Å². The number of aliphatic hydroxyl groups excluding tert-OH is 1. The minimum Gasteiger partial charge on any atom is -0.542 e. The van der Waals surface area contributed by atoms with Gasteiger partial charge in [0.05, 0.1) is 27.8 Å². The third kappa shape index (κ3) is 26.2. The van der Waals surface area contributed by atoms with Gasteiger partial charge < -0.3 is 53.8 Å². The third-order valence-electron chi connectivity index (χ3n) is 18.7. The Labute approximate surface area is 716 Å². The average Bonchev–Trinajstić information content (AvgIpc) is 1.60. The molecule has 13 rings (SSSR count). The van der Waals surface area contributed by atoms with Crippen LogP contribution in [-0.2, 0) is 4.74 Å². The summed E-state index contributed by atoms with van der Waals surface area (Å²) in [6.07, 6.45) is 10.1. The highest BCUT2D eigenvalue weighted by Crippen LogP contribution is 2.42. The number of hydrogen-bond donors (Lipinski definition) is 7. The molecule has 126 heavy (non-hydrogen) atoms. The summed E-state index contributed by atoms with van der Waals surface area (Å²) >= 11 is 0. The summed E-state index contributed by atoms with van der Waals surface area (Å²) in [5.41, 5.74) is -0.109. The van der Waals surface area contributed by atoms with Gasteiger partial charge in [0.2, 0.25) is 5.78 Å². The Bertz CT molecular complexity index is 6010. The van der Waals surface area contributed by atoms with Gasteiger partial charge in [-0.2, -0.15) is 0 Å². The summed E-state index contributed by atoms with van der Waals surface area (Å²) < 4.78 is 206. The number of aromatic nitrogens is 6. The number of phenolic OH excluding ortho intramolecular Hbond substituents is 4. The maximum atomic E-state index is 14.2. The number of nitrogens with one attached hydrogen (secondary N) is 2. The van der Waals surface area contributed by atoms with Crippen LogP contribution in [0.4, 0.5) is 66.3 Å². The SMILES string of the molecule is C.C.CC(C)(C)OC(=O)Oc1ccc(F)c(C=O)c1F.CC(C)(C)[Si](C)(C)Oc1ccc(F)c(C=O)c1F.CC(C)(C)[Si](C)(C)Oc1ccc(F)cc1F.O=C(c1c(F)ccc(O)c1F)c1c[nH]c2ncc(-c3cccnc3)cc12.O=Cc1c(F)ccc(O)c1F.Oc1ccc(F)c(C(O)c2c[nH]c3ncc(-c4cccnc4)cc23)c1F.Oc1ccc(F)cc1F. The van der Waals surface area contributed by atoms with Crippen LogP contribution in [0.5, 0.6) is 40.2 Å². The van der Waals surface area contributed by atoms with Gasteiger partial charge in [-0.3, -0.25) is 29.1 Å². The van der Waals surface area contributed by atoms with Crippen molar-refractivity contribution in [2.24, 2.45) is 0 Å². The molecule has 0 saturated carbocycles. The first-order valence-electron chi connectivity index (χ1n) is 36.6. The number of ether oxygens (including phenoxy) is 2. The Morgan fingerprint density at radius 3 is 1.29 bits per heavy atom. The standard InChI is InChI=1S/C19H13F2N3O2.C19H11F2N3O2.C13H18F2O2Si.C12H12F2O4.C12H18F2OSi.C7H4F2O2.C6H4F2O.2CH4/c2*20-14-3-4-15(25)17(21)16(14)18(26)13-9-24-19-12(13)6-11(8-23-19)10-2-1-5-22-7-10;1-13(2,3)18(4,5)17-11-7-6-10(14)9(8-16)12(11)15;1-12(2,3)18-11(16)17-9-5-4-8(13)7(6-15)10(9)14;1-12(2,3)16(4,5)15-11-7-6-9(13)8-10(11)14;8-5-1-2-6(11)7(9)4(5)3-10;7-4-1-2-6(9)5(8)3-4;;/h1-9,18,25-26H,(H,23,24);1-9,25H,(H,23,24);6-8H,1-5H3;4-6H,1-3H3;6-8H,1-5H3;1-3,11H;1-3,9H;2*1H4. The molecular formula is C90H88F14N6O14Si2. The number of ketones is 1. The van der Waals surface area contributed by atoms with Gasteiger partial charge in [0, 0.05) is 106 Å². The molecule has 0 bridgehead atoms. The Morgan fingerprint density at radius 1 is 0.429 bits per heavy atom. The molecule has 0 aliphatic carbocycles. The minimum absolute atomic E-state index is 0. The van der Waals surface area contributed by atoms with E-state index in [1.165, 1.54) is 30.6 Å². The summed E-state index contributed by atoms with van der Waals surface area (Å²) in [6.45, 7) is 25.0. The van der Waals surface area contributed by atoms with Crippen LogP contribution in [-0.4, -0.2) is 108 Å². The normalized spacial score (nSPS) is 11.3. The Morgan fingerprint density at radius 2 is 0.833 bits per heavy atom. The van der Waals surface area contributed by atoms with Crippen LogP contribution in [0.2, 0.25) is 36.3 Å². The molecule has 0 aliphatic rings. The molecule has 7 aromatic carbocycles. The Kier molecular flexibility index (Phi) is 35.6. The van der Waals surface area contributed by atoms with Gasteiger partial charge in [-0.25, -0.2) is 76.2 Å². The number of fused-ring (bicyclic) bond motifs is 2. The number of pyridine rings is 4. The van der Waals surface area contributed by atoms with Gasteiger partial charge in [-0.1, -0.05) is 68.5 Å². The van der Waals surface area contributed by atoms with E-state index in [0.717, 1.165) is 89.5 Å². The third-order valence-corrected chi connectivity index (χ3v) is 27.4. The number of aromatic amines is 2. The molecule has 36 heteroatoms. The second-order valence-electron chi connectivity index (χ2n) is 30.6. The number of aldehydes is 3. The Hall–Kier alpha value is -13.6. The molecule has 0 amide bonds. The molecule has 0 saturated heterocycles. The first-order chi connectivity index (χ1) is 58.0. The number of halogens is 14. The first kappa shape index (κ1) is 103. The highest BCUT2D eigenvalue weighted by atomic mass is 28.4. The van der Waals surface area contributed by atoms with Crippen LogP contribution >= 0.6 is 0 Å². The van der Waals surface area contributed by atoms with Crippen molar-refractivity contribution >= 4 is 69.5 Å². The van der Waals surface area contributed by atoms with Crippen molar-refractivity contribution in [3.8, 4) is 62.5 Å². The summed E-state index contributed by atoms with van der Waals surface area (Å²) in [6, 6.07) is 25.9. The number of rotatable bonds is 14. The van der Waals surface area contributed by atoms with Crippen molar-refractivity contribution < 1.29 is 129 Å². The average molecular weight is 1800 g/mol. The summed E-state index contributed by atoms with van der Waals surface area (Å²) in [5.74, 6) is -17.7. The molecule has 6 aromatic heterocycles. The fraction of sp³-hybridized carbons (Fsp3) is 0.211. The van der Waals surface area contributed by atoms with Crippen LogP contribution in [0.3, 0.4) is 0 Å². The number of carbonyl (C=O) groups is 5. The molecule has 0 aliphatic heterocycles. The zero-order chi connectivity index (χ0) is 92.4. The van der Waals surface area contributed by atoms with E-state index in [1.807, 2.05) is 59.1 Å². The number of H-pyrrole nitrogens is 2. The van der Waals surface area contributed by atoms with Crippen molar-refractivity contribution in [2.75, 3.05) is 0 Å². The fourth-order valence-electron chi connectivity index (χ4n) is 10.1. The number of carbonyl (C=O) groups excluding carboxylic acids is 5. The highest BCUT2D eigenvalue weighted by Gasteiger charge is 2.41. The van der Waals surface area contributed by atoms with Gasteiger partial charge in [-0.15, -0.1) is 0 Å². The number of aliphatic hydroxyl groups is 1. The van der Waals surface area contributed by atoms with E-state index in [1.54, 1.807) is 82.2 Å². The second kappa shape index (κ2) is 43.6. The molecule has 13 aromatic rings. The molecule has 0 fully saturated rings. The lowest BCUT2D eigenvalue weighted by molar-refractivity contribution is 0.0196. The van der Waals surface area contributed by atoms with Crippen LogP contribution in [0.1, 0.15) is 141 Å². The van der Waals surface area contributed by atoms with Crippen molar-refractivity contribution in [1.82, 2.24) is 29.9 Å². The quantitative estimate of drug-likeness (QED) is 0.0133. The first-order valence-corrected chi connectivity index (χ1v) is 42.5. The molecule has 6 heterocycles. The van der Waals surface area contributed by atoms with Crippen LogP contribution < -0.4 is 13.6 Å². The lowest BCUT2D eigenvalue weighted by atomic mass is 9.99. The maximum Gasteiger partial charge on any atom is 0.514 e. The van der Waals surface area contributed by atoms with E-state index in [9.17, 15) is 101 Å². The van der Waals surface area contributed by atoms with Crippen LogP contribution in [0.15, 0.2) is 183 Å². The number of hydrogen-bond acceptors (Lipinski definition) is 18. The summed E-state index contributed by atoms with van der Waals surface area (Å²) in [4.78, 5) is 77.4. The van der Waals surface area contributed by atoms with E-state index < -0.39 is 178 Å². The van der Waals surface area contributed by atoms with E-state index >= 15 is 0 Å². The molecule has 668 valence electrons. The lowest BCUT2D eigenvalue weighted by Gasteiger charge is -2.36. The highest BCUT2D eigenvalue weighted by molar-refractivity contribution is 6.75. The van der Waals surface area contributed by atoms with Gasteiger partial charge in [-0.05, 0) is 166 Å². The van der Waals surface area contributed by atoms with E-state index in [-0.39, 0.29) is 66.4 Å². The Balaban J connectivity index is 0.000000267. The van der Waals surface area contributed by atoms with E-state index in [4.69, 9.17) is 23.8 Å². The van der Waals surface area contributed by atoms with Crippen LogP contribution in [0, 0.1) is 81.4 Å². The predicted molar refractivity (Wildman–Crippen MR) is 449 cm³/mol. The molecule has 1 unspecified atom stereocenters. The lowest BCUT2D eigenvalue weighted by Crippen LogP contribution is -2.44. The van der Waals surface area contributed by atoms with Crippen molar-refractivity contribution in [2.45, 2.75) is 125 Å². The second-order valence-corrected chi connectivity index (χ2v) is 40.1. The number of benzene rings is 7. The topological polar surface area (TPSA) is 307 Å². The van der Waals surface area contributed by atoms with Crippen molar-refractivity contribution in [1.29, 1.82) is 0 Å². The number of phenols is 4. The van der Waals surface area contributed by atoms with Crippen molar-refractivity contribution in [3.63, 3.8) is 0 Å². The molecule has 0 radical (unpaired) electrons.